The monoisotopic (exact) mass is 346 g/mol. The van der Waals surface area contributed by atoms with Crippen molar-refractivity contribution in [2.24, 2.45) is 0 Å². The lowest BCUT2D eigenvalue weighted by Gasteiger charge is -2.14. The number of amides is 2. The van der Waals surface area contributed by atoms with Gasteiger partial charge in [0, 0.05) is 6.07 Å². The van der Waals surface area contributed by atoms with Crippen LogP contribution in [0.4, 0.5) is 14.9 Å². The van der Waals surface area contributed by atoms with Crippen molar-refractivity contribution in [3.8, 4) is 0 Å². The standard InChI is InChI=1S/C13H15FN2O4S2/c1-22(19)11-3-2-8(4-10(11)14)16-6-9(20-13(16)18)5-15-12(17)7-21/h2-4,9,21H,5-7H2,1H3,(H,15,17)/t9-,22?/m0/s1. The maximum atomic E-state index is 13.8. The molecule has 2 atom stereocenters. The minimum absolute atomic E-state index is 0.0468. The van der Waals surface area contributed by atoms with Crippen molar-refractivity contribution in [2.75, 3.05) is 30.0 Å². The maximum absolute atomic E-state index is 13.8. The lowest BCUT2D eigenvalue weighted by atomic mass is 10.2. The first kappa shape index (κ1) is 16.9. The number of halogens is 1. The second-order valence-corrected chi connectivity index (χ2v) is 6.31. The van der Waals surface area contributed by atoms with Crippen molar-refractivity contribution in [3.05, 3.63) is 24.0 Å². The number of benzene rings is 1. The lowest BCUT2D eigenvalue weighted by Crippen LogP contribution is -2.35. The van der Waals surface area contributed by atoms with Crippen LogP contribution < -0.4 is 10.2 Å². The molecular weight excluding hydrogens is 331 g/mol. The van der Waals surface area contributed by atoms with E-state index in [1.54, 1.807) is 0 Å². The SMILES string of the molecule is C[S+]([O-])c1ccc(N2C[C@H](CNC(=O)CS)OC2=O)cc1F. The Morgan fingerprint density at radius 3 is 2.95 bits per heavy atom. The van der Waals surface area contributed by atoms with Crippen LogP contribution in [0.3, 0.4) is 0 Å². The van der Waals surface area contributed by atoms with Crippen molar-refractivity contribution < 1.29 is 23.3 Å². The fourth-order valence-electron chi connectivity index (χ4n) is 2.01. The number of ether oxygens (including phenoxy) is 1. The molecule has 0 aliphatic carbocycles. The molecule has 1 N–H and O–H groups in total. The Balaban J connectivity index is 2.05. The predicted molar refractivity (Wildman–Crippen MR) is 83.2 cm³/mol. The smallest absolute Gasteiger partial charge is 0.414 e. The van der Waals surface area contributed by atoms with Gasteiger partial charge in [-0.3, -0.25) is 9.69 Å². The number of carbonyl (C=O) groups excluding carboxylic acids is 2. The summed E-state index contributed by atoms with van der Waals surface area (Å²) >= 11 is 2.39. The Hall–Kier alpha value is -1.45. The third-order valence-corrected chi connectivity index (χ3v) is 4.32. The van der Waals surface area contributed by atoms with Gasteiger partial charge in [-0.1, -0.05) is 0 Å². The largest absolute Gasteiger partial charge is 0.612 e. The highest BCUT2D eigenvalue weighted by Gasteiger charge is 2.33. The average Bonchev–Trinajstić information content (AvgIpc) is 2.85. The minimum atomic E-state index is -1.44. The molecule has 1 aromatic rings. The van der Waals surface area contributed by atoms with Gasteiger partial charge in [-0.15, -0.1) is 0 Å². The van der Waals surface area contributed by atoms with Gasteiger partial charge < -0.3 is 14.6 Å². The summed E-state index contributed by atoms with van der Waals surface area (Å²) < 4.78 is 30.3. The van der Waals surface area contributed by atoms with Crippen LogP contribution in [0.25, 0.3) is 0 Å². The zero-order chi connectivity index (χ0) is 16.3. The second-order valence-electron chi connectivity index (χ2n) is 4.65. The van der Waals surface area contributed by atoms with Gasteiger partial charge in [0.25, 0.3) is 0 Å². The van der Waals surface area contributed by atoms with Crippen molar-refractivity contribution >= 4 is 41.5 Å². The average molecular weight is 346 g/mol. The normalized spacial score (nSPS) is 19.0. The Bertz CT molecular complexity index is 585. The van der Waals surface area contributed by atoms with Gasteiger partial charge in [-0.05, 0) is 23.3 Å². The van der Waals surface area contributed by atoms with E-state index >= 15 is 0 Å². The summed E-state index contributed by atoms with van der Waals surface area (Å²) in [5.74, 6) is -0.859. The number of rotatable bonds is 5. The fraction of sp³-hybridized carbons (Fsp3) is 0.385. The van der Waals surface area contributed by atoms with E-state index in [-0.39, 0.29) is 29.6 Å². The molecule has 2 amide bonds. The van der Waals surface area contributed by atoms with Crippen LogP contribution in [-0.2, 0) is 20.7 Å². The van der Waals surface area contributed by atoms with Crippen LogP contribution in [0.15, 0.2) is 23.1 Å². The molecule has 1 saturated heterocycles. The van der Waals surface area contributed by atoms with Crippen LogP contribution in [-0.4, -0.2) is 47.8 Å². The topological polar surface area (TPSA) is 81.7 Å². The van der Waals surface area contributed by atoms with E-state index < -0.39 is 29.2 Å². The number of hydrogen-bond donors (Lipinski definition) is 2. The summed E-state index contributed by atoms with van der Waals surface area (Å²) in [7, 11) is 0. The van der Waals surface area contributed by atoms with Crippen LogP contribution in [0.1, 0.15) is 0 Å². The summed E-state index contributed by atoms with van der Waals surface area (Å²) in [6.45, 7) is 0.362. The first-order chi connectivity index (χ1) is 10.4. The van der Waals surface area contributed by atoms with Crippen molar-refractivity contribution in [1.29, 1.82) is 0 Å². The van der Waals surface area contributed by atoms with Gasteiger partial charge >= 0.3 is 6.09 Å². The zero-order valence-electron chi connectivity index (χ0n) is 11.7. The van der Waals surface area contributed by atoms with E-state index in [1.165, 1.54) is 23.3 Å². The highest BCUT2D eigenvalue weighted by molar-refractivity contribution is 7.90. The summed E-state index contributed by atoms with van der Waals surface area (Å²) in [6.07, 6.45) is 0.247. The predicted octanol–water partition coefficient (Wildman–Crippen LogP) is 0.934. The van der Waals surface area contributed by atoms with Crippen LogP contribution >= 0.6 is 12.6 Å². The molecule has 6 nitrogen and oxygen atoms in total. The summed E-state index contributed by atoms with van der Waals surface area (Å²) in [4.78, 5) is 24.3. The number of thiol groups is 1. The Morgan fingerprint density at radius 1 is 1.64 bits per heavy atom. The van der Waals surface area contributed by atoms with Gasteiger partial charge in [-0.25, -0.2) is 9.18 Å². The Morgan fingerprint density at radius 2 is 2.36 bits per heavy atom. The van der Waals surface area contributed by atoms with Crippen LogP contribution in [0, 0.1) is 5.82 Å². The second kappa shape index (κ2) is 7.21. The molecule has 1 aromatic carbocycles. The quantitative estimate of drug-likeness (QED) is 0.614. The molecule has 1 fully saturated rings. The van der Waals surface area contributed by atoms with E-state index in [1.807, 2.05) is 0 Å². The number of nitrogens with one attached hydrogen (secondary N) is 1. The minimum Gasteiger partial charge on any atom is -0.612 e. The Kier molecular flexibility index (Phi) is 5.54. The van der Waals surface area contributed by atoms with Crippen LogP contribution in [0.2, 0.25) is 0 Å². The molecule has 0 spiro atoms. The molecule has 9 heteroatoms. The molecule has 1 aliphatic heterocycles. The lowest BCUT2D eigenvalue weighted by molar-refractivity contribution is -0.118. The van der Waals surface area contributed by atoms with E-state index in [0.29, 0.717) is 5.69 Å². The van der Waals surface area contributed by atoms with E-state index in [9.17, 15) is 18.5 Å². The molecule has 0 saturated carbocycles. The van der Waals surface area contributed by atoms with Crippen molar-refractivity contribution in [1.82, 2.24) is 5.32 Å². The van der Waals surface area contributed by atoms with Gasteiger partial charge in [0.15, 0.2) is 10.7 Å². The van der Waals surface area contributed by atoms with Crippen molar-refractivity contribution in [2.45, 2.75) is 11.0 Å². The first-order valence-corrected chi connectivity index (χ1v) is 8.60. The number of anilines is 1. The highest BCUT2D eigenvalue weighted by atomic mass is 32.2. The number of hydrogen-bond acceptors (Lipinski definition) is 5. The molecular formula is C13H15FN2O4S2. The van der Waals surface area contributed by atoms with Crippen LogP contribution in [0.5, 0.6) is 0 Å². The molecule has 1 heterocycles. The summed E-state index contributed by atoms with van der Waals surface area (Å²) in [6, 6.07) is 4.03. The summed E-state index contributed by atoms with van der Waals surface area (Å²) in [5, 5.41) is 2.57. The number of carbonyl (C=O) groups is 2. The number of cyclic esters (lactones) is 1. The van der Waals surface area contributed by atoms with Gasteiger partial charge in [0.2, 0.25) is 5.91 Å². The molecule has 0 bridgehead atoms. The molecule has 1 aliphatic rings. The molecule has 0 aromatic heterocycles. The third-order valence-electron chi connectivity index (χ3n) is 3.08. The molecule has 120 valence electrons. The highest BCUT2D eigenvalue weighted by Crippen LogP contribution is 2.25. The fourth-order valence-corrected chi connectivity index (χ4v) is 2.72. The molecule has 2 rings (SSSR count). The maximum Gasteiger partial charge on any atom is 0.414 e. The number of nitrogens with zero attached hydrogens (tertiary/aromatic N) is 1. The molecule has 1 unspecified atom stereocenters. The Labute approximate surface area is 135 Å². The van der Waals surface area contributed by atoms with E-state index in [0.717, 1.165) is 6.07 Å². The van der Waals surface area contributed by atoms with Gasteiger partial charge in [0.05, 0.1) is 24.5 Å². The first-order valence-electron chi connectivity index (χ1n) is 6.41. The molecule has 22 heavy (non-hydrogen) atoms. The van der Waals surface area contributed by atoms with Gasteiger partial charge in [-0.2, -0.15) is 12.6 Å². The zero-order valence-corrected chi connectivity index (χ0v) is 13.5. The third kappa shape index (κ3) is 3.84. The summed E-state index contributed by atoms with van der Waals surface area (Å²) in [5.41, 5.74) is 0.319. The molecule has 0 radical (unpaired) electrons. The van der Waals surface area contributed by atoms with Crippen molar-refractivity contribution in [3.63, 3.8) is 0 Å². The van der Waals surface area contributed by atoms with Gasteiger partial charge in [0.1, 0.15) is 12.4 Å². The van der Waals surface area contributed by atoms with E-state index in [2.05, 4.69) is 17.9 Å². The van der Waals surface area contributed by atoms with E-state index in [4.69, 9.17) is 4.74 Å².